The van der Waals surface area contributed by atoms with Gasteiger partial charge in [0, 0.05) is 18.5 Å². The van der Waals surface area contributed by atoms with Gasteiger partial charge in [-0.15, -0.1) is 0 Å². The van der Waals surface area contributed by atoms with Gasteiger partial charge in [0.1, 0.15) is 6.04 Å². The van der Waals surface area contributed by atoms with Crippen LogP contribution in [0.4, 0.5) is 0 Å². The van der Waals surface area contributed by atoms with Gasteiger partial charge in [-0.25, -0.2) is 0 Å². The van der Waals surface area contributed by atoms with Gasteiger partial charge in [-0.2, -0.15) is 0 Å². The summed E-state index contributed by atoms with van der Waals surface area (Å²) in [5.74, 6) is -1.90. The number of hydrogen-bond donors (Lipinski definition) is 8. The summed E-state index contributed by atoms with van der Waals surface area (Å²) in [6.45, 7) is 4.97. The van der Waals surface area contributed by atoms with Gasteiger partial charge in [-0.1, -0.05) is 48.5 Å². The van der Waals surface area contributed by atoms with E-state index in [0.29, 0.717) is 58.0 Å². The van der Waals surface area contributed by atoms with Crippen LogP contribution < -0.4 is 38.9 Å². The molecule has 0 spiro atoms. The highest BCUT2D eigenvalue weighted by molar-refractivity contribution is 5.88. The van der Waals surface area contributed by atoms with Crippen LogP contribution in [0.1, 0.15) is 60.8 Å². The maximum Gasteiger partial charge on any atom is 0.239 e. The van der Waals surface area contributed by atoms with Gasteiger partial charge in [-0.3, -0.25) is 19.8 Å². The topological polar surface area (TPSA) is 215 Å². The molecule has 3 amide bonds. The Morgan fingerprint density at radius 1 is 0.860 bits per heavy atom. The number of rotatable bonds is 19. The molecule has 0 fully saturated rings. The molecule has 0 aliphatic heterocycles. The van der Waals surface area contributed by atoms with E-state index in [0.717, 1.165) is 28.7 Å². The maximum absolute atomic E-state index is 13.8. The Bertz CT molecular complexity index is 1190. The summed E-state index contributed by atoms with van der Waals surface area (Å²) >= 11 is 0. The molecule has 11 heteroatoms. The van der Waals surface area contributed by atoms with Crippen LogP contribution in [0.15, 0.2) is 48.5 Å². The molecule has 43 heavy (non-hydrogen) atoms. The van der Waals surface area contributed by atoms with Crippen molar-refractivity contribution >= 4 is 23.7 Å². The lowest BCUT2D eigenvalue weighted by Gasteiger charge is -2.27. The molecule has 4 atom stereocenters. The van der Waals surface area contributed by atoms with E-state index in [1.165, 1.54) is 0 Å². The van der Waals surface area contributed by atoms with Crippen LogP contribution in [-0.2, 0) is 27.2 Å². The number of carbonyl (C=O) groups is 3. The van der Waals surface area contributed by atoms with Crippen molar-refractivity contribution in [3.63, 3.8) is 0 Å². The Hall–Kier alpha value is -3.96. The molecule has 0 aliphatic rings. The van der Waals surface area contributed by atoms with Crippen molar-refractivity contribution in [1.29, 1.82) is 5.41 Å². The summed E-state index contributed by atoms with van der Waals surface area (Å²) in [7, 11) is 0. The largest absolute Gasteiger partial charge is 0.370 e. The summed E-state index contributed by atoms with van der Waals surface area (Å²) < 4.78 is 0. The predicted octanol–water partition coefficient (Wildman–Crippen LogP) is 1.27. The Labute approximate surface area is 255 Å². The quantitative estimate of drug-likeness (QED) is 0.0676. The molecule has 0 heterocycles. The Morgan fingerprint density at radius 2 is 1.58 bits per heavy atom. The Kier molecular flexibility index (Phi) is 15.2. The highest BCUT2D eigenvalue weighted by Gasteiger charge is 2.29. The summed E-state index contributed by atoms with van der Waals surface area (Å²) in [4.78, 5) is 39.2. The second kappa shape index (κ2) is 18.6. The third-order valence-corrected chi connectivity index (χ3v) is 7.76. The lowest BCUT2D eigenvalue weighted by atomic mass is 9.87. The van der Waals surface area contributed by atoms with E-state index in [1.54, 1.807) is 0 Å². The second-order valence-electron chi connectivity index (χ2n) is 11.2. The van der Waals surface area contributed by atoms with Crippen LogP contribution in [0.3, 0.4) is 0 Å². The number of primary amides is 1. The molecule has 2 aromatic carbocycles. The average Bonchev–Trinajstić information content (AvgIpc) is 2.96. The highest BCUT2D eigenvalue weighted by atomic mass is 16.2. The minimum atomic E-state index is -0.813. The average molecular weight is 595 g/mol. The number of aryl methyl sites for hydroxylation is 1. The first-order valence-electron chi connectivity index (χ1n) is 15.0. The van der Waals surface area contributed by atoms with Crippen LogP contribution in [0.5, 0.6) is 0 Å². The van der Waals surface area contributed by atoms with Crippen LogP contribution in [0.25, 0.3) is 0 Å². The molecule has 2 aromatic rings. The summed E-state index contributed by atoms with van der Waals surface area (Å²) in [5, 5.41) is 16.2. The van der Waals surface area contributed by atoms with Gasteiger partial charge in [0.15, 0.2) is 5.96 Å². The zero-order valence-electron chi connectivity index (χ0n) is 25.5. The molecule has 4 unspecified atom stereocenters. The zero-order valence-corrected chi connectivity index (χ0v) is 25.5. The summed E-state index contributed by atoms with van der Waals surface area (Å²) in [6.07, 6.45) is 4.01. The van der Waals surface area contributed by atoms with Gasteiger partial charge in [0.25, 0.3) is 0 Å². The molecule has 0 saturated heterocycles. The standard InChI is InChI=1S/C32H50N8O3/c1-21-10-8-13-24(22(21)2)19-25(30(42)40-28(29(35)41)15-6-7-16-33)20-26(14-9-17-38-32(36)37)39-31(43)27(34)18-23-11-4-3-5-12-23/h3-5,8,10-13,25-28H,6-7,9,14-20,33-34H2,1-2H3,(H2,35,41)(H,39,43)(H,40,42)(H4,36,37,38). The number of nitrogens with two attached hydrogens (primary N) is 4. The lowest BCUT2D eigenvalue weighted by Crippen LogP contribution is -2.50. The van der Waals surface area contributed by atoms with Gasteiger partial charge in [-0.05, 0) is 94.0 Å². The number of unbranched alkanes of at least 4 members (excludes halogenated alkanes) is 1. The lowest BCUT2D eigenvalue weighted by molar-refractivity contribution is -0.130. The van der Waals surface area contributed by atoms with Crippen LogP contribution in [-0.4, -0.2) is 54.9 Å². The number of carbonyl (C=O) groups excluding carboxylic acids is 3. The number of nitrogens with one attached hydrogen (secondary N) is 4. The van der Waals surface area contributed by atoms with E-state index < -0.39 is 30.0 Å². The van der Waals surface area contributed by atoms with Crippen LogP contribution >= 0.6 is 0 Å². The minimum Gasteiger partial charge on any atom is -0.370 e. The number of hydrogen-bond acceptors (Lipinski definition) is 6. The molecule has 0 aromatic heterocycles. The first-order valence-corrected chi connectivity index (χ1v) is 15.0. The fraction of sp³-hybridized carbons (Fsp3) is 0.500. The normalized spacial score (nSPS) is 13.8. The first-order chi connectivity index (χ1) is 20.5. The second-order valence-corrected chi connectivity index (χ2v) is 11.2. The molecule has 12 N–H and O–H groups in total. The number of amides is 3. The molecule has 2 rings (SSSR count). The maximum atomic E-state index is 13.8. The van der Waals surface area contributed by atoms with Crippen molar-refractivity contribution in [2.75, 3.05) is 13.1 Å². The van der Waals surface area contributed by atoms with E-state index in [1.807, 2.05) is 62.4 Å². The Morgan fingerprint density at radius 3 is 2.23 bits per heavy atom. The van der Waals surface area contributed by atoms with E-state index >= 15 is 0 Å². The predicted molar refractivity (Wildman–Crippen MR) is 171 cm³/mol. The van der Waals surface area contributed by atoms with Crippen molar-refractivity contribution in [2.24, 2.45) is 28.9 Å². The Balaban J connectivity index is 2.29. The van der Waals surface area contributed by atoms with E-state index in [9.17, 15) is 14.4 Å². The molecule has 0 saturated carbocycles. The molecular weight excluding hydrogens is 544 g/mol. The molecule has 0 aliphatic carbocycles. The number of guanidine groups is 1. The number of benzene rings is 2. The van der Waals surface area contributed by atoms with Gasteiger partial charge in [0.05, 0.1) is 6.04 Å². The first kappa shape index (κ1) is 35.2. The molecule has 0 bridgehead atoms. The molecule has 236 valence electrons. The van der Waals surface area contributed by atoms with Gasteiger partial charge in [0.2, 0.25) is 17.7 Å². The van der Waals surface area contributed by atoms with Crippen LogP contribution in [0.2, 0.25) is 0 Å². The summed E-state index contributed by atoms with van der Waals surface area (Å²) in [5.41, 5.74) is 27.1. The highest BCUT2D eigenvalue weighted by Crippen LogP contribution is 2.22. The third-order valence-electron chi connectivity index (χ3n) is 7.76. The van der Waals surface area contributed by atoms with Crippen molar-refractivity contribution in [1.82, 2.24) is 16.0 Å². The smallest absolute Gasteiger partial charge is 0.239 e. The van der Waals surface area contributed by atoms with E-state index in [-0.39, 0.29) is 17.8 Å². The zero-order chi connectivity index (χ0) is 31.8. The molecular formula is C32H50N8O3. The van der Waals surface area contributed by atoms with Gasteiger partial charge >= 0.3 is 0 Å². The fourth-order valence-electron chi connectivity index (χ4n) is 5.08. The third kappa shape index (κ3) is 12.8. The van der Waals surface area contributed by atoms with Crippen molar-refractivity contribution in [2.45, 2.75) is 83.3 Å². The SMILES string of the molecule is Cc1cccc(CC(CC(CCCNC(=N)N)NC(=O)C(N)Cc2ccccc2)C(=O)NC(CCCCN)C(N)=O)c1C. The monoisotopic (exact) mass is 594 g/mol. The molecule has 0 radical (unpaired) electrons. The van der Waals surface area contributed by atoms with Crippen LogP contribution in [0, 0.1) is 25.2 Å². The van der Waals surface area contributed by atoms with Crippen molar-refractivity contribution in [3.05, 3.63) is 70.8 Å². The minimum absolute atomic E-state index is 0.134. The van der Waals surface area contributed by atoms with Crippen molar-refractivity contribution in [3.8, 4) is 0 Å². The fourth-order valence-corrected chi connectivity index (χ4v) is 5.08. The van der Waals surface area contributed by atoms with E-state index in [2.05, 4.69) is 16.0 Å². The molecule has 11 nitrogen and oxygen atoms in total. The van der Waals surface area contributed by atoms with Gasteiger partial charge < -0.3 is 38.9 Å². The van der Waals surface area contributed by atoms with Crippen molar-refractivity contribution < 1.29 is 14.4 Å². The summed E-state index contributed by atoms with van der Waals surface area (Å²) in [6, 6.07) is 13.5. The van der Waals surface area contributed by atoms with E-state index in [4.69, 9.17) is 28.3 Å².